The van der Waals surface area contributed by atoms with Crippen molar-refractivity contribution in [1.82, 2.24) is 0 Å². The highest BCUT2D eigenvalue weighted by molar-refractivity contribution is 6.08. The van der Waals surface area contributed by atoms with Crippen LogP contribution in [0.25, 0.3) is 0 Å². The largest absolute Gasteiger partial charge is 0.427 e. The number of aryl methyl sites for hydroxylation is 1. The minimum absolute atomic E-state index is 0.0564. The molecule has 6 nitrogen and oxygen atoms in total. The van der Waals surface area contributed by atoms with Crippen LogP contribution in [-0.4, -0.2) is 24.3 Å². The molecule has 3 aromatic rings. The predicted octanol–water partition coefficient (Wildman–Crippen LogP) is 4.46. The lowest BCUT2D eigenvalue weighted by Crippen LogP contribution is -2.35. The highest BCUT2D eigenvalue weighted by atomic mass is 16.5. The van der Waals surface area contributed by atoms with Crippen molar-refractivity contribution >= 4 is 29.2 Å². The first-order chi connectivity index (χ1) is 15.0. The SMILES string of the molecule is CC(=O)Oc1cccc(C(=O)Nc2ccc(C(=O)N3CCCc4ccccc43)cc2)c1. The third-order valence-corrected chi connectivity index (χ3v) is 5.10. The maximum absolute atomic E-state index is 13.0. The Labute approximate surface area is 180 Å². The van der Waals surface area contributed by atoms with Crippen LogP contribution >= 0.6 is 0 Å². The Balaban J connectivity index is 1.46. The van der Waals surface area contributed by atoms with E-state index in [9.17, 15) is 14.4 Å². The average molecular weight is 414 g/mol. The third kappa shape index (κ3) is 4.64. The number of amides is 2. The highest BCUT2D eigenvalue weighted by Gasteiger charge is 2.23. The van der Waals surface area contributed by atoms with E-state index in [0.717, 1.165) is 18.5 Å². The van der Waals surface area contributed by atoms with Crippen LogP contribution < -0.4 is 15.0 Å². The third-order valence-electron chi connectivity index (χ3n) is 5.10. The van der Waals surface area contributed by atoms with E-state index >= 15 is 0 Å². The summed E-state index contributed by atoms with van der Waals surface area (Å²) in [4.78, 5) is 38.5. The second kappa shape index (κ2) is 8.83. The number of carbonyl (C=O) groups excluding carboxylic acids is 3. The van der Waals surface area contributed by atoms with E-state index in [2.05, 4.69) is 11.4 Å². The summed E-state index contributed by atoms with van der Waals surface area (Å²) in [6.45, 7) is 1.99. The van der Waals surface area contributed by atoms with Gasteiger partial charge in [-0.3, -0.25) is 14.4 Å². The van der Waals surface area contributed by atoms with E-state index in [1.165, 1.54) is 18.6 Å². The number of esters is 1. The molecular weight excluding hydrogens is 392 g/mol. The van der Waals surface area contributed by atoms with Gasteiger partial charge in [-0.05, 0) is 66.9 Å². The van der Waals surface area contributed by atoms with Gasteiger partial charge in [-0.1, -0.05) is 24.3 Å². The number of ether oxygens (including phenoxy) is 1. The normalized spacial score (nSPS) is 12.6. The Morgan fingerprint density at radius 1 is 0.903 bits per heavy atom. The van der Waals surface area contributed by atoms with Crippen LogP contribution in [0.4, 0.5) is 11.4 Å². The fourth-order valence-electron chi connectivity index (χ4n) is 3.67. The van der Waals surface area contributed by atoms with Crippen LogP contribution in [0.15, 0.2) is 72.8 Å². The molecule has 0 aromatic heterocycles. The Morgan fingerprint density at radius 2 is 1.68 bits per heavy atom. The highest BCUT2D eigenvalue weighted by Crippen LogP contribution is 2.28. The molecule has 0 fully saturated rings. The summed E-state index contributed by atoms with van der Waals surface area (Å²) in [5, 5.41) is 2.80. The number of nitrogens with zero attached hydrogens (tertiary/aromatic N) is 1. The molecule has 2 amide bonds. The first-order valence-corrected chi connectivity index (χ1v) is 10.1. The molecular formula is C25H22N2O4. The Morgan fingerprint density at radius 3 is 2.45 bits per heavy atom. The van der Waals surface area contributed by atoms with Gasteiger partial charge in [-0.15, -0.1) is 0 Å². The fraction of sp³-hybridized carbons (Fsp3) is 0.160. The summed E-state index contributed by atoms with van der Waals surface area (Å²) >= 11 is 0. The summed E-state index contributed by atoms with van der Waals surface area (Å²) in [6, 6.07) is 21.2. The maximum atomic E-state index is 13.0. The number of hydrogen-bond acceptors (Lipinski definition) is 4. The predicted molar refractivity (Wildman–Crippen MR) is 119 cm³/mol. The van der Waals surface area contributed by atoms with Gasteiger partial charge in [0.25, 0.3) is 11.8 Å². The van der Waals surface area contributed by atoms with E-state index in [1.54, 1.807) is 42.5 Å². The van der Waals surface area contributed by atoms with Crippen molar-refractivity contribution in [2.75, 3.05) is 16.8 Å². The van der Waals surface area contributed by atoms with Gasteiger partial charge >= 0.3 is 5.97 Å². The molecule has 1 N–H and O–H groups in total. The lowest BCUT2D eigenvalue weighted by Gasteiger charge is -2.29. The van der Waals surface area contributed by atoms with Crippen molar-refractivity contribution in [1.29, 1.82) is 0 Å². The number of nitrogens with one attached hydrogen (secondary N) is 1. The summed E-state index contributed by atoms with van der Waals surface area (Å²) in [5.41, 5.74) is 3.64. The van der Waals surface area contributed by atoms with E-state index in [4.69, 9.17) is 4.74 Å². The molecule has 6 heteroatoms. The molecule has 0 atom stereocenters. The van der Waals surface area contributed by atoms with Gasteiger partial charge in [0.05, 0.1) is 0 Å². The zero-order chi connectivity index (χ0) is 21.8. The molecule has 0 unspecified atom stereocenters. The number of rotatable bonds is 4. The molecule has 0 aliphatic carbocycles. The molecule has 4 rings (SSSR count). The van der Waals surface area contributed by atoms with Crippen molar-refractivity contribution < 1.29 is 19.1 Å². The van der Waals surface area contributed by atoms with E-state index < -0.39 is 5.97 Å². The average Bonchev–Trinajstić information content (AvgIpc) is 2.78. The Kier molecular flexibility index (Phi) is 5.80. The zero-order valence-corrected chi connectivity index (χ0v) is 17.1. The van der Waals surface area contributed by atoms with E-state index in [-0.39, 0.29) is 11.8 Å². The van der Waals surface area contributed by atoms with Crippen LogP contribution in [-0.2, 0) is 11.2 Å². The molecule has 1 heterocycles. The summed E-state index contributed by atoms with van der Waals surface area (Å²) in [7, 11) is 0. The number of anilines is 2. The smallest absolute Gasteiger partial charge is 0.308 e. The van der Waals surface area contributed by atoms with Gasteiger partial charge < -0.3 is 15.0 Å². The molecule has 0 bridgehead atoms. The minimum atomic E-state index is -0.450. The Bertz CT molecular complexity index is 1140. The molecule has 0 radical (unpaired) electrons. The first kappa shape index (κ1) is 20.3. The molecule has 31 heavy (non-hydrogen) atoms. The topological polar surface area (TPSA) is 75.7 Å². The van der Waals surface area contributed by atoms with Crippen molar-refractivity contribution in [3.05, 3.63) is 89.5 Å². The van der Waals surface area contributed by atoms with Crippen molar-refractivity contribution in [2.45, 2.75) is 19.8 Å². The fourth-order valence-corrected chi connectivity index (χ4v) is 3.67. The van der Waals surface area contributed by atoms with Crippen LogP contribution in [0.2, 0.25) is 0 Å². The van der Waals surface area contributed by atoms with E-state index in [1.807, 2.05) is 23.1 Å². The standard InChI is InChI=1S/C25H22N2O4/c1-17(28)31-22-9-4-7-20(16-22)24(29)26-21-13-11-19(12-14-21)25(30)27-15-5-8-18-6-2-3-10-23(18)27/h2-4,6-7,9-14,16H,5,8,15H2,1H3,(H,26,29). The quantitative estimate of drug-likeness (QED) is 0.505. The summed E-state index contributed by atoms with van der Waals surface area (Å²) in [6.07, 6.45) is 1.91. The maximum Gasteiger partial charge on any atom is 0.308 e. The molecule has 1 aliphatic rings. The summed E-state index contributed by atoms with van der Waals surface area (Å²) < 4.78 is 5.02. The molecule has 1 aliphatic heterocycles. The molecule has 0 spiro atoms. The Hall–Kier alpha value is -3.93. The minimum Gasteiger partial charge on any atom is -0.427 e. The number of hydrogen-bond donors (Lipinski definition) is 1. The monoisotopic (exact) mass is 414 g/mol. The van der Waals surface area contributed by atoms with Gasteiger partial charge in [0.15, 0.2) is 0 Å². The van der Waals surface area contributed by atoms with Crippen molar-refractivity contribution in [3.8, 4) is 5.75 Å². The summed E-state index contributed by atoms with van der Waals surface area (Å²) in [5.74, 6) is -0.533. The van der Waals surface area contributed by atoms with Crippen LogP contribution in [0.3, 0.4) is 0 Å². The van der Waals surface area contributed by atoms with Gasteiger partial charge in [-0.25, -0.2) is 0 Å². The van der Waals surface area contributed by atoms with Crippen LogP contribution in [0, 0.1) is 0 Å². The van der Waals surface area contributed by atoms with Gasteiger partial charge in [0, 0.05) is 36.0 Å². The van der Waals surface area contributed by atoms with Gasteiger partial charge in [-0.2, -0.15) is 0 Å². The molecule has 0 saturated carbocycles. The number of benzene rings is 3. The molecule has 3 aromatic carbocycles. The number of fused-ring (bicyclic) bond motifs is 1. The van der Waals surface area contributed by atoms with Crippen molar-refractivity contribution in [3.63, 3.8) is 0 Å². The molecule has 0 saturated heterocycles. The lowest BCUT2D eigenvalue weighted by molar-refractivity contribution is -0.131. The molecule has 156 valence electrons. The second-order valence-corrected chi connectivity index (χ2v) is 7.34. The van der Waals surface area contributed by atoms with Crippen LogP contribution in [0.5, 0.6) is 5.75 Å². The van der Waals surface area contributed by atoms with Gasteiger partial charge in [0.1, 0.15) is 5.75 Å². The zero-order valence-electron chi connectivity index (χ0n) is 17.1. The number of carbonyl (C=O) groups is 3. The van der Waals surface area contributed by atoms with Crippen molar-refractivity contribution in [2.24, 2.45) is 0 Å². The van der Waals surface area contributed by atoms with Crippen LogP contribution in [0.1, 0.15) is 39.6 Å². The lowest BCUT2D eigenvalue weighted by atomic mass is 10.0. The van der Waals surface area contributed by atoms with Gasteiger partial charge in [0.2, 0.25) is 0 Å². The second-order valence-electron chi connectivity index (χ2n) is 7.34. The first-order valence-electron chi connectivity index (χ1n) is 10.1. The number of para-hydroxylation sites is 1. The van der Waals surface area contributed by atoms with E-state index in [0.29, 0.717) is 29.1 Å².